The number of furan rings is 1. The fourth-order valence-corrected chi connectivity index (χ4v) is 4.64. The van der Waals surface area contributed by atoms with Crippen LogP contribution < -0.4 is 0 Å². The average Bonchev–Trinajstić information content (AvgIpc) is 3.18. The van der Waals surface area contributed by atoms with Crippen molar-refractivity contribution < 1.29 is 14.0 Å². The van der Waals surface area contributed by atoms with Gasteiger partial charge in [-0.05, 0) is 24.6 Å². The first kappa shape index (κ1) is 18.6. The van der Waals surface area contributed by atoms with Gasteiger partial charge in [0.1, 0.15) is 5.76 Å². The Kier molecular flexibility index (Phi) is 5.63. The van der Waals surface area contributed by atoms with Crippen molar-refractivity contribution in [3.8, 4) is 0 Å². The molecule has 5 heteroatoms. The minimum Gasteiger partial charge on any atom is -0.468 e. The Balaban J connectivity index is 1.55. The van der Waals surface area contributed by atoms with Crippen LogP contribution in [0.3, 0.4) is 0 Å². The summed E-state index contributed by atoms with van der Waals surface area (Å²) in [6, 6.07) is 20.1. The second kappa shape index (κ2) is 8.48. The van der Waals surface area contributed by atoms with Gasteiger partial charge in [-0.15, -0.1) is 11.8 Å². The number of nitrogens with zero attached hydrogens (tertiary/aromatic N) is 1. The maximum Gasteiger partial charge on any atom is 0.254 e. The predicted molar refractivity (Wildman–Crippen MR) is 111 cm³/mol. The van der Waals surface area contributed by atoms with Crippen LogP contribution in [0.1, 0.15) is 43.7 Å². The van der Waals surface area contributed by atoms with Gasteiger partial charge in [-0.1, -0.05) is 48.5 Å². The number of amides is 1. The monoisotopic (exact) mass is 391 g/mol. The molecular formula is C23H21NO3S. The van der Waals surface area contributed by atoms with Gasteiger partial charge >= 0.3 is 0 Å². The summed E-state index contributed by atoms with van der Waals surface area (Å²) < 4.78 is 5.54. The number of carbonyl (C=O) groups excluding carboxylic acids is 2. The van der Waals surface area contributed by atoms with E-state index in [9.17, 15) is 9.59 Å². The molecule has 1 aliphatic rings. The second-order valence-electron chi connectivity index (χ2n) is 6.70. The van der Waals surface area contributed by atoms with Crippen LogP contribution in [0.5, 0.6) is 0 Å². The van der Waals surface area contributed by atoms with Crippen LogP contribution in [-0.4, -0.2) is 35.4 Å². The molecule has 1 saturated heterocycles. The van der Waals surface area contributed by atoms with Crippen LogP contribution in [0.4, 0.5) is 0 Å². The molecule has 0 unspecified atom stereocenters. The second-order valence-corrected chi connectivity index (χ2v) is 8.01. The van der Waals surface area contributed by atoms with E-state index in [1.54, 1.807) is 36.6 Å². The van der Waals surface area contributed by atoms with Crippen molar-refractivity contribution in [3.05, 3.63) is 95.4 Å². The molecule has 4 rings (SSSR count). The van der Waals surface area contributed by atoms with Gasteiger partial charge in [-0.3, -0.25) is 9.59 Å². The van der Waals surface area contributed by atoms with Crippen molar-refractivity contribution in [2.24, 2.45) is 0 Å². The Morgan fingerprint density at radius 3 is 2.39 bits per heavy atom. The first-order chi connectivity index (χ1) is 13.7. The molecule has 28 heavy (non-hydrogen) atoms. The van der Waals surface area contributed by atoms with Crippen molar-refractivity contribution in [3.63, 3.8) is 0 Å². The highest BCUT2D eigenvalue weighted by atomic mass is 32.2. The number of hydrogen-bond acceptors (Lipinski definition) is 4. The average molecular weight is 391 g/mol. The third-order valence-electron chi connectivity index (χ3n) is 4.93. The molecule has 1 aliphatic heterocycles. The fraction of sp³-hybridized carbons (Fsp3) is 0.217. The smallest absolute Gasteiger partial charge is 0.254 e. The Labute approximate surface area is 168 Å². The molecule has 0 bridgehead atoms. The van der Waals surface area contributed by atoms with Gasteiger partial charge in [0.15, 0.2) is 5.78 Å². The summed E-state index contributed by atoms with van der Waals surface area (Å²) >= 11 is 1.81. The van der Waals surface area contributed by atoms with Gasteiger partial charge in [-0.25, -0.2) is 0 Å². The summed E-state index contributed by atoms with van der Waals surface area (Å²) in [5.41, 5.74) is 1.52. The fourth-order valence-electron chi connectivity index (χ4n) is 3.46. The number of thioether (sulfide) groups is 1. The van der Waals surface area contributed by atoms with Crippen molar-refractivity contribution in [1.29, 1.82) is 0 Å². The highest BCUT2D eigenvalue weighted by molar-refractivity contribution is 7.99. The molecule has 1 amide bonds. The molecular weight excluding hydrogens is 370 g/mol. The Bertz CT molecular complexity index is 953. The number of hydrogen-bond donors (Lipinski definition) is 0. The van der Waals surface area contributed by atoms with E-state index in [1.165, 1.54) is 0 Å². The van der Waals surface area contributed by atoms with Gasteiger partial charge < -0.3 is 9.32 Å². The largest absolute Gasteiger partial charge is 0.468 e. The summed E-state index contributed by atoms with van der Waals surface area (Å²) in [7, 11) is 0. The Morgan fingerprint density at radius 2 is 1.64 bits per heavy atom. The zero-order chi connectivity index (χ0) is 19.3. The normalized spacial score (nSPS) is 17.1. The van der Waals surface area contributed by atoms with E-state index in [4.69, 9.17) is 4.42 Å². The van der Waals surface area contributed by atoms with Crippen molar-refractivity contribution in [1.82, 2.24) is 4.90 Å². The number of ketones is 1. The van der Waals surface area contributed by atoms with Crippen molar-refractivity contribution >= 4 is 23.5 Å². The molecule has 1 atom stereocenters. The zero-order valence-electron chi connectivity index (χ0n) is 15.4. The lowest BCUT2D eigenvalue weighted by Gasteiger charge is -2.21. The highest BCUT2D eigenvalue weighted by Gasteiger charge is 2.26. The molecule has 0 saturated carbocycles. The maximum atomic E-state index is 13.2. The van der Waals surface area contributed by atoms with Crippen molar-refractivity contribution in [2.45, 2.75) is 11.7 Å². The highest BCUT2D eigenvalue weighted by Crippen LogP contribution is 2.35. The molecule has 2 heterocycles. The molecule has 3 aromatic rings. The molecule has 142 valence electrons. The Morgan fingerprint density at radius 1 is 0.893 bits per heavy atom. The predicted octanol–water partition coefficient (Wildman–Crippen LogP) is 4.83. The molecule has 1 fully saturated rings. The van der Waals surface area contributed by atoms with E-state index in [1.807, 2.05) is 53.1 Å². The van der Waals surface area contributed by atoms with Gasteiger partial charge in [-0.2, -0.15) is 0 Å². The van der Waals surface area contributed by atoms with E-state index in [-0.39, 0.29) is 16.9 Å². The van der Waals surface area contributed by atoms with E-state index < -0.39 is 0 Å². The molecule has 0 N–H and O–H groups in total. The topological polar surface area (TPSA) is 50.5 Å². The number of carbonyl (C=O) groups is 2. The maximum absolute atomic E-state index is 13.2. The van der Waals surface area contributed by atoms with E-state index in [2.05, 4.69) is 0 Å². The third-order valence-corrected chi connectivity index (χ3v) is 6.22. The number of benzene rings is 2. The molecule has 0 radical (unpaired) electrons. The van der Waals surface area contributed by atoms with E-state index in [0.29, 0.717) is 29.8 Å². The summed E-state index contributed by atoms with van der Waals surface area (Å²) in [5, 5.41) is 0.258. The van der Waals surface area contributed by atoms with Crippen LogP contribution in [0.2, 0.25) is 0 Å². The first-order valence-corrected chi connectivity index (χ1v) is 10.4. The SMILES string of the molecule is O=C(c1ccccc1)c1ccccc1C(=O)N1CCS[C@@H](c2ccco2)CC1. The van der Waals surface area contributed by atoms with Crippen LogP contribution in [0, 0.1) is 0 Å². The van der Waals surface area contributed by atoms with Gasteiger partial charge in [0.05, 0.1) is 17.1 Å². The van der Waals surface area contributed by atoms with Crippen LogP contribution >= 0.6 is 11.8 Å². The van der Waals surface area contributed by atoms with Crippen LogP contribution in [-0.2, 0) is 0 Å². The quantitative estimate of drug-likeness (QED) is 0.598. The molecule has 4 nitrogen and oxygen atoms in total. The number of rotatable bonds is 4. The first-order valence-electron chi connectivity index (χ1n) is 9.37. The van der Waals surface area contributed by atoms with E-state index >= 15 is 0 Å². The molecule has 0 spiro atoms. The standard InChI is InChI=1S/C23H21NO3S/c25-22(17-7-2-1-3-8-17)18-9-4-5-10-19(18)23(26)24-13-12-21(28-16-14-24)20-11-6-15-27-20/h1-11,15,21H,12-14,16H2/t21-/m1/s1. The lowest BCUT2D eigenvalue weighted by Crippen LogP contribution is -2.34. The Hall–Kier alpha value is -2.79. The molecule has 1 aromatic heterocycles. The van der Waals surface area contributed by atoms with Crippen molar-refractivity contribution in [2.75, 3.05) is 18.8 Å². The zero-order valence-corrected chi connectivity index (χ0v) is 16.2. The summed E-state index contributed by atoms with van der Waals surface area (Å²) in [6.07, 6.45) is 2.52. The van der Waals surface area contributed by atoms with Gasteiger partial charge in [0.25, 0.3) is 5.91 Å². The molecule has 0 aliphatic carbocycles. The van der Waals surface area contributed by atoms with Gasteiger partial charge in [0, 0.05) is 30.0 Å². The van der Waals surface area contributed by atoms with Crippen LogP contribution in [0.15, 0.2) is 77.4 Å². The van der Waals surface area contributed by atoms with Crippen LogP contribution in [0.25, 0.3) is 0 Å². The summed E-state index contributed by atoms with van der Waals surface area (Å²) in [4.78, 5) is 28.0. The molecule has 2 aromatic carbocycles. The summed E-state index contributed by atoms with van der Waals surface area (Å²) in [5.74, 6) is 1.59. The minimum atomic E-state index is -0.123. The van der Waals surface area contributed by atoms with Gasteiger partial charge in [0.2, 0.25) is 0 Å². The summed E-state index contributed by atoms with van der Waals surface area (Å²) in [6.45, 7) is 1.31. The minimum absolute atomic E-state index is 0.0828. The third kappa shape index (κ3) is 3.90. The lowest BCUT2D eigenvalue weighted by molar-refractivity contribution is 0.0761. The lowest BCUT2D eigenvalue weighted by atomic mass is 9.97. The van der Waals surface area contributed by atoms with E-state index in [0.717, 1.165) is 17.9 Å².